The molecule has 0 N–H and O–H groups in total. The van der Waals surface area contributed by atoms with Gasteiger partial charge in [0.05, 0.1) is 0 Å². The van der Waals surface area contributed by atoms with Crippen LogP contribution in [-0.4, -0.2) is 0 Å². The van der Waals surface area contributed by atoms with E-state index < -0.39 is 0 Å². The predicted molar refractivity (Wildman–Crippen MR) is 34.4 cm³/mol. The fourth-order valence-corrected chi connectivity index (χ4v) is 0.321. The van der Waals surface area contributed by atoms with Gasteiger partial charge in [0.1, 0.15) is 0 Å². The molecule has 62 valence electrons. The van der Waals surface area contributed by atoms with Crippen LogP contribution in [0.3, 0.4) is 0 Å². The van der Waals surface area contributed by atoms with Crippen molar-refractivity contribution in [1.82, 2.24) is 0 Å². The maximum absolute atomic E-state index is 7.50. The molecular weight excluding hydrogens is 242 g/mol. The van der Waals surface area contributed by atoms with E-state index in [0.717, 1.165) is 0 Å². The molecule has 0 bridgehead atoms. The van der Waals surface area contributed by atoms with Gasteiger partial charge in [-0.1, -0.05) is 24.3 Å². The zero-order chi connectivity index (χ0) is 9.54. The Morgan fingerprint density at radius 2 is 0.833 bits per heavy atom. The molecule has 0 aromatic heterocycles. The van der Waals surface area contributed by atoms with Crippen LogP contribution >= 0.6 is 0 Å². The van der Waals surface area contributed by atoms with E-state index in [4.69, 9.17) is 14.0 Å². The molecule has 0 amide bonds. The first kappa shape index (κ1) is 22.5. The summed E-state index contributed by atoms with van der Waals surface area (Å²) in [5.74, 6) is 0. The summed E-state index contributed by atoms with van der Waals surface area (Å²) < 4.78 is 22.5. The van der Waals surface area contributed by atoms with Gasteiger partial charge in [0.2, 0.25) is 0 Å². The van der Waals surface area contributed by atoms with E-state index in [2.05, 4.69) is 20.0 Å². The van der Waals surface area contributed by atoms with E-state index >= 15 is 0 Å². The summed E-state index contributed by atoms with van der Waals surface area (Å²) in [6.07, 6.45) is 10.0. The second kappa shape index (κ2) is 47.8. The zero-order valence-electron chi connectivity index (χ0n) is 5.99. The first-order valence-corrected chi connectivity index (χ1v) is 2.28. The van der Waals surface area contributed by atoms with Crippen LogP contribution in [-0.2, 0) is 34.1 Å². The third kappa shape index (κ3) is 34.5. The van der Waals surface area contributed by atoms with Crippen molar-refractivity contribution in [1.29, 1.82) is 0 Å². The summed E-state index contributed by atoms with van der Waals surface area (Å²) in [4.78, 5) is 0. The summed E-state index contributed by atoms with van der Waals surface area (Å²) in [5, 5.41) is 0. The Bertz CT molecular complexity index is 141. The second-order valence-electron chi connectivity index (χ2n) is 0.962. The number of allylic oxidation sites excluding steroid dienone is 4. The van der Waals surface area contributed by atoms with Gasteiger partial charge in [0, 0.05) is 26.5 Å². The number of hydrogen-bond donors (Lipinski definition) is 0. The quantitative estimate of drug-likeness (QED) is 0.456. The molecule has 4 heteroatoms. The average molecular weight is 247 g/mol. The summed E-state index contributed by atoms with van der Waals surface area (Å²) in [5.41, 5.74) is 0. The SMILES string of the molecule is [C-]#[O+].[C-]#[O+].[C-]#[O+].[CH]1C=CC=C1.[Tc]. The van der Waals surface area contributed by atoms with Crippen molar-refractivity contribution < 1.29 is 34.1 Å². The fourth-order valence-electron chi connectivity index (χ4n) is 0.321. The van der Waals surface area contributed by atoms with Gasteiger partial charge in [-0.15, -0.1) is 0 Å². The topological polar surface area (TPSA) is 59.7 Å². The average Bonchev–Trinajstić information content (AvgIpc) is 2.71. The van der Waals surface area contributed by atoms with Gasteiger partial charge in [0.15, 0.2) is 0 Å². The Kier molecular flexibility index (Phi) is 89.7. The van der Waals surface area contributed by atoms with E-state index in [9.17, 15) is 0 Å². The van der Waals surface area contributed by atoms with Gasteiger partial charge >= 0.3 is 33.9 Å². The molecule has 0 saturated heterocycles. The van der Waals surface area contributed by atoms with E-state index in [1.165, 1.54) is 0 Å². The third-order valence-electron chi connectivity index (χ3n) is 0.556. The molecule has 0 aromatic carbocycles. The van der Waals surface area contributed by atoms with Gasteiger partial charge in [0.25, 0.3) is 0 Å². The van der Waals surface area contributed by atoms with E-state index in [1.807, 2.05) is 30.7 Å². The van der Waals surface area contributed by atoms with Crippen LogP contribution in [0.5, 0.6) is 0 Å². The molecule has 1 rings (SSSR count). The molecule has 0 fully saturated rings. The molecule has 0 unspecified atom stereocenters. The van der Waals surface area contributed by atoms with Crippen molar-refractivity contribution in [3.8, 4) is 0 Å². The Morgan fingerprint density at radius 1 is 0.583 bits per heavy atom. The minimum Gasteiger partial charge on any atom is -0.0767 e. The molecule has 1 aliphatic carbocycles. The smallest absolute Gasteiger partial charge is 0.00506 e. The van der Waals surface area contributed by atoms with Crippen LogP contribution in [0.25, 0.3) is 0 Å². The summed E-state index contributed by atoms with van der Waals surface area (Å²) in [6.45, 7) is 13.5. The Hall–Kier alpha value is -0.651. The normalized spacial score (nSPS) is 7.83. The molecule has 12 heavy (non-hydrogen) atoms. The van der Waals surface area contributed by atoms with Crippen LogP contribution in [0.15, 0.2) is 24.3 Å². The third-order valence-corrected chi connectivity index (χ3v) is 0.556. The van der Waals surface area contributed by atoms with Crippen molar-refractivity contribution in [3.05, 3.63) is 50.7 Å². The molecular formula is C8H5O3Tc. The van der Waals surface area contributed by atoms with Crippen LogP contribution < -0.4 is 0 Å². The van der Waals surface area contributed by atoms with Crippen LogP contribution in [0.4, 0.5) is 0 Å². The summed E-state index contributed by atoms with van der Waals surface area (Å²) in [7, 11) is 0. The van der Waals surface area contributed by atoms with Crippen molar-refractivity contribution in [2.45, 2.75) is 0 Å². The maximum atomic E-state index is 7.50. The first-order valence-electron chi connectivity index (χ1n) is 2.28. The number of rotatable bonds is 0. The van der Waals surface area contributed by atoms with Gasteiger partial charge in [-0.05, 0) is 0 Å². The van der Waals surface area contributed by atoms with E-state index in [0.29, 0.717) is 0 Å². The number of hydrogen-bond acceptors (Lipinski definition) is 0. The molecule has 0 aromatic rings. The Balaban J connectivity index is -0.0000000406. The molecule has 0 spiro atoms. The Morgan fingerprint density at radius 3 is 0.917 bits per heavy atom. The van der Waals surface area contributed by atoms with Crippen LogP contribution in [0.2, 0.25) is 0 Å². The molecule has 0 aliphatic heterocycles. The molecule has 3 nitrogen and oxygen atoms in total. The Labute approximate surface area is 85.0 Å². The maximum Gasteiger partial charge on any atom is 0.00506 e. The molecule has 0 heterocycles. The minimum atomic E-state index is 0. The van der Waals surface area contributed by atoms with Gasteiger partial charge < -0.3 is 0 Å². The van der Waals surface area contributed by atoms with E-state index in [1.54, 1.807) is 0 Å². The molecule has 1 aliphatic rings. The van der Waals surface area contributed by atoms with Crippen molar-refractivity contribution in [2.24, 2.45) is 0 Å². The molecule has 0 saturated carbocycles. The molecule has 2 radical (unpaired) electrons. The standard InChI is InChI=1S/C5H5.3CO.Tc/c1-2-4-5-3-1;3*1-2;/h1-5H;;;;. The van der Waals surface area contributed by atoms with Crippen molar-refractivity contribution in [3.63, 3.8) is 0 Å². The minimum absolute atomic E-state index is 0. The van der Waals surface area contributed by atoms with Crippen LogP contribution in [0.1, 0.15) is 0 Å². The summed E-state index contributed by atoms with van der Waals surface area (Å²) in [6, 6.07) is 0. The largest absolute Gasteiger partial charge is 0.0767 e. The van der Waals surface area contributed by atoms with Gasteiger partial charge in [-0.2, -0.15) is 0 Å². The zero-order valence-corrected chi connectivity index (χ0v) is 7.85. The van der Waals surface area contributed by atoms with Gasteiger partial charge in [-0.25, -0.2) is 0 Å². The summed E-state index contributed by atoms with van der Waals surface area (Å²) >= 11 is 0. The predicted octanol–water partition coefficient (Wildman–Crippen LogP) is 1.20. The second-order valence-corrected chi connectivity index (χ2v) is 0.962. The van der Waals surface area contributed by atoms with Gasteiger partial charge in [-0.3, -0.25) is 0 Å². The molecule has 0 atom stereocenters. The van der Waals surface area contributed by atoms with E-state index in [-0.39, 0.29) is 20.1 Å². The van der Waals surface area contributed by atoms with Crippen molar-refractivity contribution >= 4 is 0 Å². The fraction of sp³-hybridized carbons (Fsp3) is 0. The van der Waals surface area contributed by atoms with Crippen LogP contribution in [0, 0.1) is 26.4 Å². The van der Waals surface area contributed by atoms with Crippen molar-refractivity contribution in [2.75, 3.05) is 0 Å². The first-order chi connectivity index (χ1) is 5.50. The monoisotopic (exact) mass is 246 g/mol.